The summed E-state index contributed by atoms with van der Waals surface area (Å²) in [6, 6.07) is 0. The van der Waals surface area contributed by atoms with Crippen LogP contribution >= 0.6 is 23.1 Å². The average molecular weight is 350 g/mol. The highest BCUT2D eigenvalue weighted by Crippen LogP contribution is 2.39. The summed E-state index contributed by atoms with van der Waals surface area (Å²) in [5.74, 6) is 0.165. The minimum Gasteiger partial charge on any atom is -0.368 e. The predicted octanol–water partition coefficient (Wildman–Crippen LogP) is 1.57. The van der Waals surface area contributed by atoms with E-state index in [0.717, 1.165) is 33.9 Å². The van der Waals surface area contributed by atoms with Crippen LogP contribution in [0.25, 0.3) is 10.2 Å². The van der Waals surface area contributed by atoms with Crippen molar-refractivity contribution in [3.63, 3.8) is 0 Å². The van der Waals surface area contributed by atoms with Gasteiger partial charge in [0, 0.05) is 10.3 Å². The summed E-state index contributed by atoms with van der Waals surface area (Å²) in [6.07, 6.45) is 4.59. The Hall–Kier alpha value is -1.67. The standard InChI is InChI=1S/C15H18N4O2S2/c1-8-18-14(22-7-12(21)17-6-11(16)20)13-9-4-2-3-5-10(9)23-15(13)19-8/h2-7H2,1H3,(H2,16,20)(H,17,21). The van der Waals surface area contributed by atoms with Crippen molar-refractivity contribution >= 4 is 45.1 Å². The Morgan fingerprint density at radius 2 is 2.09 bits per heavy atom. The smallest absolute Gasteiger partial charge is 0.236 e. The summed E-state index contributed by atoms with van der Waals surface area (Å²) in [5, 5.41) is 4.47. The minimum atomic E-state index is -0.546. The van der Waals surface area contributed by atoms with Crippen molar-refractivity contribution in [1.29, 1.82) is 0 Å². The number of carbonyl (C=O) groups is 2. The Kier molecular flexibility index (Phi) is 4.82. The molecule has 8 heteroatoms. The number of aryl methyl sites for hydroxylation is 3. The Labute approximate surface area is 142 Å². The number of carbonyl (C=O) groups excluding carboxylic acids is 2. The summed E-state index contributed by atoms with van der Waals surface area (Å²) >= 11 is 3.14. The van der Waals surface area contributed by atoms with Gasteiger partial charge in [-0.1, -0.05) is 11.8 Å². The van der Waals surface area contributed by atoms with Gasteiger partial charge in [0.05, 0.1) is 12.3 Å². The lowest BCUT2D eigenvalue weighted by atomic mass is 9.97. The molecular weight excluding hydrogens is 332 g/mol. The first-order chi connectivity index (χ1) is 11.0. The fraction of sp³-hybridized carbons (Fsp3) is 0.467. The Balaban J connectivity index is 1.83. The lowest BCUT2D eigenvalue weighted by Gasteiger charge is -2.11. The third kappa shape index (κ3) is 3.64. The van der Waals surface area contributed by atoms with E-state index in [1.807, 2.05) is 6.92 Å². The van der Waals surface area contributed by atoms with E-state index in [2.05, 4.69) is 15.3 Å². The van der Waals surface area contributed by atoms with Crippen LogP contribution in [0.1, 0.15) is 29.1 Å². The van der Waals surface area contributed by atoms with Gasteiger partial charge in [-0.2, -0.15) is 0 Å². The molecule has 0 spiro atoms. The molecule has 3 rings (SSSR count). The molecular formula is C15H18N4O2S2. The third-order valence-corrected chi connectivity index (χ3v) is 5.85. The van der Waals surface area contributed by atoms with Gasteiger partial charge in [-0.3, -0.25) is 9.59 Å². The van der Waals surface area contributed by atoms with Crippen LogP contribution in [-0.4, -0.2) is 34.1 Å². The number of primary amides is 1. The summed E-state index contributed by atoms with van der Waals surface area (Å²) in [7, 11) is 0. The topological polar surface area (TPSA) is 98.0 Å². The van der Waals surface area contributed by atoms with Gasteiger partial charge in [-0.25, -0.2) is 9.97 Å². The van der Waals surface area contributed by atoms with Crippen LogP contribution in [0.5, 0.6) is 0 Å². The molecule has 0 aliphatic heterocycles. The van der Waals surface area contributed by atoms with Crippen molar-refractivity contribution in [1.82, 2.24) is 15.3 Å². The molecule has 1 aliphatic rings. The summed E-state index contributed by atoms with van der Waals surface area (Å²) in [5.41, 5.74) is 6.38. The number of nitrogens with one attached hydrogen (secondary N) is 1. The maximum atomic E-state index is 11.8. The molecule has 0 saturated heterocycles. The van der Waals surface area contributed by atoms with E-state index >= 15 is 0 Å². The number of hydrogen-bond donors (Lipinski definition) is 2. The molecule has 2 aromatic rings. The van der Waals surface area contributed by atoms with Crippen LogP contribution in [0.4, 0.5) is 0 Å². The fourth-order valence-electron chi connectivity index (χ4n) is 2.70. The normalized spacial score (nSPS) is 13.8. The highest BCUT2D eigenvalue weighted by Gasteiger charge is 2.21. The van der Waals surface area contributed by atoms with Crippen LogP contribution in [-0.2, 0) is 22.4 Å². The zero-order valence-electron chi connectivity index (χ0n) is 12.8. The van der Waals surface area contributed by atoms with Crippen LogP contribution in [0.15, 0.2) is 5.03 Å². The van der Waals surface area contributed by atoms with Gasteiger partial charge in [-0.15, -0.1) is 11.3 Å². The number of nitrogens with zero attached hydrogens (tertiary/aromatic N) is 2. The highest BCUT2D eigenvalue weighted by atomic mass is 32.2. The van der Waals surface area contributed by atoms with Crippen LogP contribution in [0.3, 0.4) is 0 Å². The molecule has 3 N–H and O–H groups in total. The quantitative estimate of drug-likeness (QED) is 0.630. The number of thiophene rings is 1. The second kappa shape index (κ2) is 6.84. The molecule has 1 aliphatic carbocycles. The van der Waals surface area contributed by atoms with E-state index in [4.69, 9.17) is 5.73 Å². The lowest BCUT2D eigenvalue weighted by molar-refractivity contribution is -0.123. The van der Waals surface area contributed by atoms with Gasteiger partial charge in [0.2, 0.25) is 11.8 Å². The predicted molar refractivity (Wildman–Crippen MR) is 91.7 cm³/mol. The van der Waals surface area contributed by atoms with Crippen molar-refractivity contribution in [3.8, 4) is 0 Å². The number of aromatic nitrogens is 2. The van der Waals surface area contributed by atoms with Gasteiger partial charge in [-0.05, 0) is 38.2 Å². The molecule has 0 saturated carbocycles. The van der Waals surface area contributed by atoms with Crippen molar-refractivity contribution in [2.24, 2.45) is 5.73 Å². The van der Waals surface area contributed by atoms with E-state index in [1.165, 1.54) is 35.0 Å². The highest BCUT2D eigenvalue weighted by molar-refractivity contribution is 8.00. The number of fused-ring (bicyclic) bond motifs is 3. The number of nitrogens with two attached hydrogens (primary N) is 1. The molecule has 0 aromatic carbocycles. The first kappa shape index (κ1) is 16.2. The first-order valence-corrected chi connectivity index (χ1v) is 9.31. The fourth-order valence-corrected chi connectivity index (χ4v) is 5.00. The van der Waals surface area contributed by atoms with Crippen molar-refractivity contribution in [2.75, 3.05) is 12.3 Å². The molecule has 0 unspecified atom stereocenters. The summed E-state index contributed by atoms with van der Waals surface area (Å²) in [4.78, 5) is 34.0. The zero-order chi connectivity index (χ0) is 16.4. The SMILES string of the molecule is Cc1nc(SCC(=O)NCC(N)=O)c2c3c(sc2n1)CCCC3. The lowest BCUT2D eigenvalue weighted by Crippen LogP contribution is -2.34. The molecule has 0 atom stereocenters. The number of amides is 2. The Morgan fingerprint density at radius 1 is 1.30 bits per heavy atom. The van der Waals surface area contributed by atoms with Gasteiger partial charge in [0.15, 0.2) is 0 Å². The van der Waals surface area contributed by atoms with E-state index in [0.29, 0.717) is 0 Å². The van der Waals surface area contributed by atoms with Gasteiger partial charge in [0.25, 0.3) is 0 Å². The average Bonchev–Trinajstić information content (AvgIpc) is 2.88. The molecule has 6 nitrogen and oxygen atoms in total. The second-order valence-electron chi connectivity index (χ2n) is 5.50. The summed E-state index contributed by atoms with van der Waals surface area (Å²) in [6.45, 7) is 1.74. The number of thioether (sulfide) groups is 1. The van der Waals surface area contributed by atoms with E-state index < -0.39 is 5.91 Å². The largest absolute Gasteiger partial charge is 0.368 e. The molecule has 0 fully saturated rings. The van der Waals surface area contributed by atoms with E-state index in [1.54, 1.807) is 11.3 Å². The molecule has 2 aromatic heterocycles. The van der Waals surface area contributed by atoms with Crippen LogP contribution < -0.4 is 11.1 Å². The maximum Gasteiger partial charge on any atom is 0.236 e. The Morgan fingerprint density at radius 3 is 2.87 bits per heavy atom. The van der Waals surface area contributed by atoms with Crippen molar-refractivity contribution < 1.29 is 9.59 Å². The Bertz CT molecular complexity index is 772. The monoisotopic (exact) mass is 350 g/mol. The van der Waals surface area contributed by atoms with E-state index in [-0.39, 0.29) is 18.2 Å². The molecule has 2 amide bonds. The van der Waals surface area contributed by atoms with Gasteiger partial charge >= 0.3 is 0 Å². The van der Waals surface area contributed by atoms with Gasteiger partial charge < -0.3 is 11.1 Å². The van der Waals surface area contributed by atoms with Crippen LogP contribution in [0.2, 0.25) is 0 Å². The number of rotatable bonds is 5. The van der Waals surface area contributed by atoms with Gasteiger partial charge in [0.1, 0.15) is 15.7 Å². The van der Waals surface area contributed by atoms with E-state index in [9.17, 15) is 9.59 Å². The minimum absolute atomic E-state index is 0.133. The molecule has 122 valence electrons. The summed E-state index contributed by atoms with van der Waals surface area (Å²) < 4.78 is 0. The number of hydrogen-bond acceptors (Lipinski definition) is 6. The molecule has 0 radical (unpaired) electrons. The molecule has 0 bridgehead atoms. The van der Waals surface area contributed by atoms with Crippen molar-refractivity contribution in [2.45, 2.75) is 37.6 Å². The first-order valence-electron chi connectivity index (χ1n) is 7.51. The zero-order valence-corrected chi connectivity index (χ0v) is 14.5. The molecule has 2 heterocycles. The molecule has 23 heavy (non-hydrogen) atoms. The van der Waals surface area contributed by atoms with Crippen molar-refractivity contribution in [3.05, 3.63) is 16.3 Å². The maximum absolute atomic E-state index is 11.8. The van der Waals surface area contributed by atoms with Crippen LogP contribution in [0, 0.1) is 6.92 Å². The second-order valence-corrected chi connectivity index (χ2v) is 7.55. The third-order valence-electron chi connectivity index (χ3n) is 3.69.